The Kier molecular flexibility index (Phi) is 5.82. The number of alkyl halides is 3. The van der Waals surface area contributed by atoms with Gasteiger partial charge < -0.3 is 14.8 Å². The van der Waals surface area contributed by atoms with Crippen molar-refractivity contribution in [2.45, 2.75) is 19.2 Å². The maximum absolute atomic E-state index is 13.9. The number of benzene rings is 1. The van der Waals surface area contributed by atoms with Gasteiger partial charge in [0.1, 0.15) is 11.0 Å². The van der Waals surface area contributed by atoms with Crippen LogP contribution < -0.4 is 11.0 Å². The van der Waals surface area contributed by atoms with Crippen molar-refractivity contribution in [1.82, 2.24) is 4.98 Å². The fourth-order valence-corrected chi connectivity index (χ4v) is 4.44. The lowest BCUT2D eigenvalue weighted by Gasteiger charge is -2.23. The van der Waals surface area contributed by atoms with E-state index in [0.29, 0.717) is 0 Å². The van der Waals surface area contributed by atoms with Crippen molar-refractivity contribution in [2.24, 2.45) is 0 Å². The van der Waals surface area contributed by atoms with Crippen molar-refractivity contribution in [3.8, 4) is 0 Å². The maximum Gasteiger partial charge on any atom is 0.365 e. The first-order chi connectivity index (χ1) is 12.0. The maximum atomic E-state index is 13.9. The molecule has 0 saturated carbocycles. The number of fused-ring (bicyclic) bond motifs is 1. The summed E-state index contributed by atoms with van der Waals surface area (Å²) in [7, 11) is -4.31. The largest absolute Gasteiger partial charge is 0.397 e. The Morgan fingerprint density at radius 2 is 1.92 bits per heavy atom. The number of hydrogen-bond donors (Lipinski definition) is 1. The van der Waals surface area contributed by atoms with Crippen LogP contribution in [0.25, 0.3) is 10.9 Å². The smallest absolute Gasteiger partial charge is 0.365 e. The van der Waals surface area contributed by atoms with E-state index < -0.39 is 34.6 Å². The number of nitro benzene ring substituents is 1. The van der Waals surface area contributed by atoms with Crippen molar-refractivity contribution in [2.75, 3.05) is 18.9 Å². The monoisotopic (exact) mass is 409 g/mol. The van der Waals surface area contributed by atoms with E-state index in [0.717, 1.165) is 18.2 Å². The second-order valence-corrected chi connectivity index (χ2v) is 7.45. The second kappa shape index (κ2) is 7.40. The van der Waals surface area contributed by atoms with E-state index in [4.69, 9.17) is 26.4 Å². The first kappa shape index (κ1) is 20.4. The molecule has 26 heavy (non-hydrogen) atoms. The normalized spacial score (nSPS) is 12.5. The Morgan fingerprint density at radius 3 is 2.38 bits per heavy atom. The van der Waals surface area contributed by atoms with Crippen molar-refractivity contribution < 1.29 is 27.3 Å². The quantitative estimate of drug-likeness (QED) is 0.319. The molecule has 0 amide bonds. The molecule has 0 bridgehead atoms. The van der Waals surface area contributed by atoms with Gasteiger partial charge in [0.25, 0.3) is 5.69 Å². The molecular weight excluding hydrogens is 395 g/mol. The third-order valence-corrected chi connectivity index (χ3v) is 5.71. The summed E-state index contributed by atoms with van der Waals surface area (Å²) < 4.78 is 51.1. The minimum absolute atomic E-state index is 0.0431. The predicted octanol–water partition coefficient (Wildman–Crippen LogP) is 3.90. The Balaban J connectivity index is 2.94. The third kappa shape index (κ3) is 3.78. The Bertz CT molecular complexity index is 896. The number of nitrogens with two attached hydrogens (primary N) is 1. The number of nitrogens with zero attached hydrogens (tertiary/aromatic N) is 2. The fourth-order valence-electron chi connectivity index (χ4n) is 2.36. The van der Waals surface area contributed by atoms with Gasteiger partial charge in [-0.05, 0) is 31.5 Å². The third-order valence-electron chi connectivity index (χ3n) is 3.33. The van der Waals surface area contributed by atoms with Gasteiger partial charge in [-0.3, -0.25) is 14.7 Å². The van der Waals surface area contributed by atoms with Crippen LogP contribution in [0.2, 0.25) is 0 Å². The van der Waals surface area contributed by atoms with Gasteiger partial charge in [-0.15, -0.1) is 0 Å². The molecule has 2 N–H and O–H groups in total. The summed E-state index contributed by atoms with van der Waals surface area (Å²) in [6.45, 7) is 2.72. The molecule has 0 aliphatic heterocycles. The molecule has 1 aromatic carbocycles. The number of non-ortho nitro benzene ring substituents is 1. The molecule has 0 saturated heterocycles. The van der Waals surface area contributed by atoms with Crippen molar-refractivity contribution in [3.63, 3.8) is 0 Å². The zero-order chi connectivity index (χ0) is 19.7. The Labute approximate surface area is 151 Å². The van der Waals surface area contributed by atoms with Crippen LogP contribution >= 0.6 is 19.2 Å². The highest BCUT2D eigenvalue weighted by Gasteiger charge is 2.43. The Hall–Kier alpha value is -1.87. The van der Waals surface area contributed by atoms with E-state index in [1.165, 1.54) is 13.8 Å². The lowest BCUT2D eigenvalue weighted by Crippen LogP contribution is -2.26. The number of hydrogen-bond acceptors (Lipinski definition) is 7. The number of pyridine rings is 1. The first-order valence-corrected chi connectivity index (χ1v) is 9.31. The van der Waals surface area contributed by atoms with Crippen LogP contribution in [0.5, 0.6) is 0 Å². The second-order valence-electron chi connectivity index (χ2n) is 5.01. The predicted molar refractivity (Wildman–Crippen MR) is 93.0 cm³/mol. The van der Waals surface area contributed by atoms with Gasteiger partial charge in [0, 0.05) is 17.5 Å². The van der Waals surface area contributed by atoms with Crippen LogP contribution in [-0.2, 0) is 19.0 Å². The number of rotatable bonds is 7. The number of nitrogen functional groups attached to an aromatic ring is 1. The molecule has 142 valence electrons. The van der Waals surface area contributed by atoms with Gasteiger partial charge in [0.05, 0.1) is 29.3 Å². The van der Waals surface area contributed by atoms with Gasteiger partial charge in [-0.2, -0.15) is 8.78 Å². The number of anilines is 1. The van der Waals surface area contributed by atoms with Gasteiger partial charge in [-0.25, -0.2) is 4.98 Å². The summed E-state index contributed by atoms with van der Waals surface area (Å²) >= 11 is 5.13. The van der Waals surface area contributed by atoms with Crippen LogP contribution in [0.4, 0.5) is 20.2 Å². The van der Waals surface area contributed by atoms with Gasteiger partial charge in [0.2, 0.25) is 0 Å². The van der Waals surface area contributed by atoms with Crippen LogP contribution in [0.3, 0.4) is 0 Å². The summed E-state index contributed by atoms with van der Waals surface area (Å²) in [5, 5.41) is 6.20. The zero-order valence-corrected chi connectivity index (χ0v) is 15.4. The molecule has 2 rings (SSSR count). The van der Waals surface area contributed by atoms with Crippen LogP contribution in [0.15, 0.2) is 18.2 Å². The summed E-state index contributed by atoms with van der Waals surface area (Å²) in [4.78, 5) is 14.0. The standard InChI is InChI=1S/C14H15ClF2N3O5P/c1-3-24-26(23,25-4-2)12-11(18)9-7-8(20(21)22)5-6-10(9)19-13(12)14(15,16)17/h5-7H,3-4H2,1-2H3,(H2,18,19). The molecule has 12 heteroatoms. The topological polar surface area (TPSA) is 118 Å². The highest BCUT2D eigenvalue weighted by atomic mass is 35.5. The molecule has 2 aromatic rings. The van der Waals surface area contributed by atoms with E-state index in [1.54, 1.807) is 0 Å². The van der Waals surface area contributed by atoms with Crippen molar-refractivity contribution >= 4 is 46.8 Å². The molecule has 1 heterocycles. The lowest BCUT2D eigenvalue weighted by molar-refractivity contribution is -0.384. The number of nitro groups is 1. The fraction of sp³-hybridized carbons (Fsp3) is 0.357. The lowest BCUT2D eigenvalue weighted by atomic mass is 10.1. The molecule has 0 radical (unpaired) electrons. The summed E-state index contributed by atoms with van der Waals surface area (Å²) in [5.41, 5.74) is 4.01. The Morgan fingerprint density at radius 1 is 1.35 bits per heavy atom. The minimum Gasteiger partial charge on any atom is -0.397 e. The molecular formula is C14H15ClF2N3O5P. The molecule has 0 spiro atoms. The SMILES string of the molecule is CCOP(=O)(OCC)c1c(C(F)(F)Cl)nc2ccc([N+](=O)[O-])cc2c1N. The molecule has 0 aliphatic carbocycles. The summed E-state index contributed by atoms with van der Waals surface area (Å²) in [6.07, 6.45) is 0. The van der Waals surface area contributed by atoms with E-state index in [-0.39, 0.29) is 29.8 Å². The van der Waals surface area contributed by atoms with Crippen molar-refractivity contribution in [1.29, 1.82) is 0 Å². The number of aromatic nitrogens is 1. The van der Waals surface area contributed by atoms with E-state index in [9.17, 15) is 23.5 Å². The average molecular weight is 410 g/mol. The highest BCUT2D eigenvalue weighted by Crippen LogP contribution is 2.52. The number of halogens is 3. The van der Waals surface area contributed by atoms with E-state index in [1.807, 2.05) is 0 Å². The van der Waals surface area contributed by atoms with Crippen LogP contribution in [0, 0.1) is 10.1 Å². The minimum atomic E-state index is -4.31. The van der Waals surface area contributed by atoms with E-state index in [2.05, 4.69) is 4.98 Å². The van der Waals surface area contributed by atoms with Gasteiger partial charge >= 0.3 is 13.0 Å². The van der Waals surface area contributed by atoms with Crippen molar-refractivity contribution in [3.05, 3.63) is 34.0 Å². The summed E-state index contributed by atoms with van der Waals surface area (Å²) in [6, 6.07) is 3.26. The molecule has 0 fully saturated rings. The highest BCUT2D eigenvalue weighted by molar-refractivity contribution is 7.62. The van der Waals surface area contributed by atoms with E-state index >= 15 is 0 Å². The summed E-state index contributed by atoms with van der Waals surface area (Å²) in [5.74, 6) is 0. The first-order valence-electron chi connectivity index (χ1n) is 7.39. The molecule has 0 aliphatic rings. The van der Waals surface area contributed by atoms with Crippen LogP contribution in [0.1, 0.15) is 19.5 Å². The molecule has 0 atom stereocenters. The molecule has 1 aromatic heterocycles. The average Bonchev–Trinajstić information content (AvgIpc) is 2.53. The zero-order valence-electron chi connectivity index (χ0n) is 13.7. The van der Waals surface area contributed by atoms with Crippen LogP contribution in [-0.4, -0.2) is 23.1 Å². The van der Waals surface area contributed by atoms with Gasteiger partial charge in [-0.1, -0.05) is 0 Å². The molecule has 0 unspecified atom stereocenters. The van der Waals surface area contributed by atoms with Gasteiger partial charge in [0.15, 0.2) is 0 Å². The molecule has 8 nitrogen and oxygen atoms in total.